The maximum Gasteiger partial charge on any atom is 0.339 e. The van der Waals surface area contributed by atoms with E-state index < -0.39 is 11.9 Å². The molecule has 40 heavy (non-hydrogen) atoms. The van der Waals surface area contributed by atoms with Crippen LogP contribution >= 0.6 is 23.2 Å². The van der Waals surface area contributed by atoms with Crippen molar-refractivity contribution in [3.05, 3.63) is 62.9 Å². The van der Waals surface area contributed by atoms with Crippen LogP contribution in [-0.2, 0) is 25.6 Å². The maximum absolute atomic E-state index is 14.3. The zero-order chi connectivity index (χ0) is 28.8. The highest BCUT2D eigenvalue weighted by Gasteiger charge is 2.32. The van der Waals surface area contributed by atoms with Crippen LogP contribution in [0.2, 0.25) is 10.0 Å². The molecule has 0 spiro atoms. The van der Waals surface area contributed by atoms with E-state index in [0.29, 0.717) is 46.0 Å². The molecule has 1 fully saturated rings. The van der Waals surface area contributed by atoms with Crippen LogP contribution in [0.15, 0.2) is 41.7 Å². The average molecular weight is 590 g/mol. The second-order valence-corrected chi connectivity index (χ2v) is 11.2. The van der Waals surface area contributed by atoms with Gasteiger partial charge in [-0.25, -0.2) is 9.59 Å². The van der Waals surface area contributed by atoms with E-state index in [-0.39, 0.29) is 35.2 Å². The van der Waals surface area contributed by atoms with Gasteiger partial charge in [0.15, 0.2) is 0 Å². The van der Waals surface area contributed by atoms with Crippen molar-refractivity contribution >= 4 is 46.7 Å². The molecule has 2 aromatic rings. The van der Waals surface area contributed by atoms with Crippen molar-refractivity contribution in [2.75, 3.05) is 12.0 Å². The number of rotatable bonds is 9. The molecule has 1 aromatic carbocycles. The van der Waals surface area contributed by atoms with Gasteiger partial charge in [-0.15, -0.1) is 0 Å². The third kappa shape index (κ3) is 7.15. The molecule has 1 aromatic heterocycles. The van der Waals surface area contributed by atoms with Gasteiger partial charge in [-0.2, -0.15) is 0 Å². The molecule has 1 heterocycles. The van der Waals surface area contributed by atoms with Crippen molar-refractivity contribution in [2.45, 2.75) is 84.0 Å². The highest BCUT2D eigenvalue weighted by atomic mass is 35.5. The highest BCUT2D eigenvalue weighted by Crippen LogP contribution is 2.39. The van der Waals surface area contributed by atoms with E-state index in [1.807, 2.05) is 13.8 Å². The van der Waals surface area contributed by atoms with Crippen LogP contribution in [-0.4, -0.2) is 42.1 Å². The highest BCUT2D eigenvalue weighted by molar-refractivity contribution is 6.37. The minimum absolute atomic E-state index is 0.0214. The number of aromatic nitrogens is 1. The first-order valence-electron chi connectivity index (χ1n) is 13.6. The Morgan fingerprint density at radius 2 is 1.65 bits per heavy atom. The lowest BCUT2D eigenvalue weighted by Crippen LogP contribution is -2.34. The predicted molar refractivity (Wildman–Crippen MR) is 153 cm³/mol. The summed E-state index contributed by atoms with van der Waals surface area (Å²) >= 11 is 13.1. The minimum Gasteiger partial charge on any atom is -0.489 e. The molecule has 2 aliphatic carbocycles. The summed E-state index contributed by atoms with van der Waals surface area (Å²) in [5.74, 6) is -0.971. The molecular weight excluding hydrogens is 555 g/mol. The molecular formula is C30H34Cl2N2O6. The Labute approximate surface area is 244 Å². The summed E-state index contributed by atoms with van der Waals surface area (Å²) in [6.07, 6.45) is 8.90. The molecule has 4 rings (SSSR count). The summed E-state index contributed by atoms with van der Waals surface area (Å²) < 4.78 is 16.5. The number of pyridine rings is 1. The molecule has 0 bridgehead atoms. The third-order valence-electron chi connectivity index (χ3n) is 7.00. The van der Waals surface area contributed by atoms with Gasteiger partial charge in [-0.3, -0.25) is 9.78 Å². The van der Waals surface area contributed by atoms with Gasteiger partial charge in [0.05, 0.1) is 41.1 Å². The number of anilines is 1. The molecule has 0 radical (unpaired) electrons. The van der Waals surface area contributed by atoms with E-state index in [1.54, 1.807) is 18.3 Å². The smallest absolute Gasteiger partial charge is 0.339 e. The van der Waals surface area contributed by atoms with Crippen molar-refractivity contribution < 1.29 is 28.6 Å². The van der Waals surface area contributed by atoms with Crippen molar-refractivity contribution in [1.29, 1.82) is 0 Å². The summed E-state index contributed by atoms with van der Waals surface area (Å²) in [5, 5.41) is 0.542. The van der Waals surface area contributed by atoms with Crippen LogP contribution in [0, 0.1) is 0 Å². The fourth-order valence-corrected chi connectivity index (χ4v) is 5.61. The summed E-state index contributed by atoms with van der Waals surface area (Å²) in [6, 6.07) is 4.77. The second kappa shape index (κ2) is 13.5. The number of benzene rings is 1. The van der Waals surface area contributed by atoms with E-state index in [0.717, 1.165) is 38.5 Å². The van der Waals surface area contributed by atoms with Crippen molar-refractivity contribution in [3.8, 4) is 5.75 Å². The quantitative estimate of drug-likeness (QED) is 0.295. The van der Waals surface area contributed by atoms with Gasteiger partial charge < -0.3 is 19.1 Å². The maximum atomic E-state index is 14.3. The molecule has 0 atom stereocenters. The van der Waals surface area contributed by atoms with Crippen molar-refractivity contribution in [3.63, 3.8) is 0 Å². The predicted octanol–water partition coefficient (Wildman–Crippen LogP) is 6.85. The molecule has 1 amide bonds. The monoisotopic (exact) mass is 588 g/mol. The lowest BCUT2D eigenvalue weighted by molar-refractivity contribution is -0.144. The summed E-state index contributed by atoms with van der Waals surface area (Å²) in [7, 11) is 1.29. The van der Waals surface area contributed by atoms with Crippen LogP contribution < -0.4 is 9.64 Å². The minimum atomic E-state index is -0.545. The van der Waals surface area contributed by atoms with Crippen LogP contribution in [0.4, 0.5) is 5.69 Å². The van der Waals surface area contributed by atoms with Crippen molar-refractivity contribution in [2.24, 2.45) is 0 Å². The number of hydrogen-bond acceptors (Lipinski definition) is 7. The number of carbonyl (C=O) groups is 3. The molecule has 0 aliphatic heterocycles. The standard InChI is InChI=1S/C30H34Cl2N2O6/c1-18(2)39-27-14-26(24(31)13-25(27)32)34(17-19-12-20(16-33-15-19)29(36)38-3)28(35)22-10-6-7-11-23(22)30(37)40-21-8-4-5-9-21/h12-16,18,21H,4-11,17H2,1-3H3. The topological polar surface area (TPSA) is 95.0 Å². The largest absolute Gasteiger partial charge is 0.489 e. The zero-order valence-corrected chi connectivity index (χ0v) is 24.5. The van der Waals surface area contributed by atoms with Gasteiger partial charge in [0.1, 0.15) is 11.9 Å². The number of carbonyl (C=O) groups excluding carboxylic acids is 3. The number of halogens is 2. The van der Waals surface area contributed by atoms with E-state index >= 15 is 0 Å². The molecule has 10 heteroatoms. The number of ether oxygens (including phenoxy) is 3. The Hall–Kier alpha value is -3.10. The molecule has 2 aliphatic rings. The number of hydrogen-bond donors (Lipinski definition) is 0. The SMILES string of the molecule is COC(=O)c1cncc(CN(C(=O)C2=C(C(=O)OC3CCCC3)CCCC2)c2cc(OC(C)C)c(Cl)cc2Cl)c1. The number of amides is 1. The van der Waals surface area contributed by atoms with Gasteiger partial charge in [-0.05, 0) is 82.9 Å². The van der Waals surface area contributed by atoms with Crippen LogP contribution in [0.5, 0.6) is 5.75 Å². The normalized spacial score (nSPS) is 15.8. The first-order chi connectivity index (χ1) is 19.2. The van der Waals surface area contributed by atoms with Crippen LogP contribution in [0.25, 0.3) is 0 Å². The van der Waals surface area contributed by atoms with Gasteiger partial charge in [0.2, 0.25) is 0 Å². The van der Waals surface area contributed by atoms with Crippen LogP contribution in [0.3, 0.4) is 0 Å². The summed E-state index contributed by atoms with van der Waals surface area (Å²) in [6.45, 7) is 3.76. The Kier molecular flexibility index (Phi) is 10.1. The van der Waals surface area contributed by atoms with Gasteiger partial charge in [0, 0.05) is 29.6 Å². The molecule has 0 saturated heterocycles. The lowest BCUT2D eigenvalue weighted by atomic mass is 9.90. The first-order valence-corrected chi connectivity index (χ1v) is 14.4. The van der Waals surface area contributed by atoms with E-state index in [1.165, 1.54) is 24.3 Å². The molecule has 0 N–H and O–H groups in total. The molecule has 214 valence electrons. The second-order valence-electron chi connectivity index (χ2n) is 10.3. The number of esters is 2. The zero-order valence-electron chi connectivity index (χ0n) is 23.0. The van der Waals surface area contributed by atoms with E-state index in [9.17, 15) is 14.4 Å². The fraction of sp³-hybridized carbons (Fsp3) is 0.467. The Morgan fingerprint density at radius 1 is 0.950 bits per heavy atom. The van der Waals surface area contributed by atoms with Gasteiger partial charge >= 0.3 is 11.9 Å². The Morgan fingerprint density at radius 3 is 2.33 bits per heavy atom. The van der Waals surface area contributed by atoms with E-state index in [2.05, 4.69) is 4.98 Å². The number of nitrogens with zero attached hydrogens (tertiary/aromatic N) is 2. The first kappa shape index (κ1) is 29.9. The molecule has 8 nitrogen and oxygen atoms in total. The summed E-state index contributed by atoms with van der Waals surface area (Å²) in [5.41, 5.74) is 2.00. The van der Waals surface area contributed by atoms with E-state index in [4.69, 9.17) is 37.4 Å². The van der Waals surface area contributed by atoms with Crippen molar-refractivity contribution in [1.82, 2.24) is 4.98 Å². The average Bonchev–Trinajstić information content (AvgIpc) is 3.45. The third-order valence-corrected chi connectivity index (χ3v) is 7.60. The molecule has 0 unspecified atom stereocenters. The fourth-order valence-electron chi connectivity index (χ4n) is 5.08. The number of methoxy groups -OCH3 is 1. The lowest BCUT2D eigenvalue weighted by Gasteiger charge is -2.29. The van der Waals surface area contributed by atoms with Gasteiger partial charge in [-0.1, -0.05) is 23.2 Å². The molecule has 1 saturated carbocycles. The van der Waals surface area contributed by atoms with Crippen LogP contribution in [0.1, 0.15) is 81.1 Å². The summed E-state index contributed by atoms with van der Waals surface area (Å²) in [4.78, 5) is 45.4. The van der Waals surface area contributed by atoms with Gasteiger partial charge in [0.25, 0.3) is 5.91 Å². The Balaban J connectivity index is 1.77. The Bertz CT molecular complexity index is 1300.